The Morgan fingerprint density at radius 1 is 1.17 bits per heavy atom. The van der Waals surface area contributed by atoms with Crippen molar-refractivity contribution in [2.75, 3.05) is 26.4 Å². The third kappa shape index (κ3) is 3.47. The van der Waals surface area contributed by atoms with E-state index < -0.39 is 0 Å². The predicted molar refractivity (Wildman–Crippen MR) is 86.2 cm³/mol. The highest BCUT2D eigenvalue weighted by molar-refractivity contribution is 5.21. The molecule has 5 heteroatoms. The van der Waals surface area contributed by atoms with E-state index in [0.29, 0.717) is 18.1 Å². The Balaban J connectivity index is 1.35. The molecule has 0 amide bonds. The molecule has 1 saturated heterocycles. The van der Waals surface area contributed by atoms with Crippen molar-refractivity contribution >= 4 is 0 Å². The van der Waals surface area contributed by atoms with Gasteiger partial charge in [0, 0.05) is 37.9 Å². The van der Waals surface area contributed by atoms with Gasteiger partial charge in [0.2, 0.25) is 0 Å². The summed E-state index contributed by atoms with van der Waals surface area (Å²) < 4.78 is 17.3. The van der Waals surface area contributed by atoms with Crippen LogP contribution in [0.2, 0.25) is 0 Å². The van der Waals surface area contributed by atoms with Gasteiger partial charge in [-0.2, -0.15) is 0 Å². The minimum atomic E-state index is 0.374. The van der Waals surface area contributed by atoms with Crippen molar-refractivity contribution in [3.63, 3.8) is 0 Å². The maximum atomic E-state index is 6.05. The summed E-state index contributed by atoms with van der Waals surface area (Å²) in [5.41, 5.74) is 2.27. The number of rotatable bonds is 6. The molecule has 1 aliphatic heterocycles. The van der Waals surface area contributed by atoms with Crippen molar-refractivity contribution in [1.29, 1.82) is 0 Å². The Bertz CT molecular complexity index is 521. The van der Waals surface area contributed by atoms with E-state index in [9.17, 15) is 0 Å². The van der Waals surface area contributed by atoms with Crippen LogP contribution >= 0.6 is 0 Å². The molecule has 3 atom stereocenters. The van der Waals surface area contributed by atoms with Gasteiger partial charge in [0.15, 0.2) is 0 Å². The number of hydrogen-bond acceptors (Lipinski definition) is 5. The zero-order valence-electron chi connectivity index (χ0n) is 14.3. The second kappa shape index (κ2) is 6.54. The Kier molecular flexibility index (Phi) is 4.43. The summed E-state index contributed by atoms with van der Waals surface area (Å²) in [6.45, 7) is 8.69. The first-order valence-electron chi connectivity index (χ1n) is 9.06. The van der Waals surface area contributed by atoms with Gasteiger partial charge in [-0.25, -0.2) is 0 Å². The summed E-state index contributed by atoms with van der Waals surface area (Å²) in [5.74, 6) is 2.45. The maximum absolute atomic E-state index is 6.05. The lowest BCUT2D eigenvalue weighted by Gasteiger charge is -2.37. The SMILES string of the molecule is Cc1noc(C)c1CN1CCO[C@@H]2C[C@H](COCC3CC3)C[C@H]21. The Labute approximate surface area is 138 Å². The van der Waals surface area contributed by atoms with Crippen LogP contribution in [0.15, 0.2) is 4.52 Å². The fraction of sp³-hybridized carbons (Fsp3) is 0.833. The molecule has 5 nitrogen and oxygen atoms in total. The molecule has 3 fully saturated rings. The van der Waals surface area contributed by atoms with E-state index >= 15 is 0 Å². The summed E-state index contributed by atoms with van der Waals surface area (Å²) in [5, 5.41) is 4.09. The smallest absolute Gasteiger partial charge is 0.138 e. The van der Waals surface area contributed by atoms with E-state index in [2.05, 4.69) is 10.1 Å². The zero-order chi connectivity index (χ0) is 15.8. The van der Waals surface area contributed by atoms with E-state index in [-0.39, 0.29) is 0 Å². The van der Waals surface area contributed by atoms with Crippen molar-refractivity contribution in [3.05, 3.63) is 17.0 Å². The molecule has 2 heterocycles. The van der Waals surface area contributed by atoms with Crippen LogP contribution in [0, 0.1) is 25.7 Å². The van der Waals surface area contributed by atoms with E-state index in [1.807, 2.05) is 13.8 Å². The minimum absolute atomic E-state index is 0.374. The number of morpholine rings is 1. The third-order valence-corrected chi connectivity index (χ3v) is 5.70. The average molecular weight is 320 g/mol. The topological polar surface area (TPSA) is 47.7 Å². The lowest BCUT2D eigenvalue weighted by molar-refractivity contribution is -0.0592. The molecule has 0 N–H and O–H groups in total. The minimum Gasteiger partial charge on any atom is -0.381 e. The van der Waals surface area contributed by atoms with E-state index in [1.54, 1.807) is 0 Å². The molecule has 0 spiro atoms. The summed E-state index contributed by atoms with van der Waals surface area (Å²) >= 11 is 0. The van der Waals surface area contributed by atoms with Crippen LogP contribution in [0.25, 0.3) is 0 Å². The van der Waals surface area contributed by atoms with Gasteiger partial charge in [-0.1, -0.05) is 5.16 Å². The van der Waals surface area contributed by atoms with E-state index in [1.165, 1.54) is 24.8 Å². The molecule has 0 unspecified atom stereocenters. The Morgan fingerprint density at radius 3 is 2.74 bits per heavy atom. The van der Waals surface area contributed by atoms with E-state index in [0.717, 1.165) is 56.7 Å². The van der Waals surface area contributed by atoms with Crippen LogP contribution < -0.4 is 0 Å². The maximum Gasteiger partial charge on any atom is 0.138 e. The van der Waals surface area contributed by atoms with Crippen LogP contribution in [-0.4, -0.2) is 48.6 Å². The van der Waals surface area contributed by atoms with Gasteiger partial charge in [0.05, 0.1) is 18.4 Å². The summed E-state index contributed by atoms with van der Waals surface area (Å²) in [7, 11) is 0. The molecule has 2 saturated carbocycles. The number of aryl methyl sites for hydroxylation is 2. The van der Waals surface area contributed by atoms with Gasteiger partial charge in [-0.05, 0) is 51.4 Å². The summed E-state index contributed by atoms with van der Waals surface area (Å²) in [6.07, 6.45) is 5.44. The van der Waals surface area contributed by atoms with Gasteiger partial charge < -0.3 is 14.0 Å². The highest BCUT2D eigenvalue weighted by Crippen LogP contribution is 2.36. The lowest BCUT2D eigenvalue weighted by atomic mass is 10.1. The van der Waals surface area contributed by atoms with Crippen LogP contribution in [-0.2, 0) is 16.0 Å². The molecular formula is C18H28N2O3. The first kappa shape index (κ1) is 15.6. The number of hydrogen-bond donors (Lipinski definition) is 0. The fourth-order valence-electron chi connectivity index (χ4n) is 4.07. The normalized spacial score (nSPS) is 31.5. The largest absolute Gasteiger partial charge is 0.381 e. The molecule has 2 aliphatic carbocycles. The molecule has 0 aromatic carbocycles. The highest BCUT2D eigenvalue weighted by atomic mass is 16.5. The third-order valence-electron chi connectivity index (χ3n) is 5.70. The monoisotopic (exact) mass is 320 g/mol. The first-order chi connectivity index (χ1) is 11.2. The number of nitrogens with zero attached hydrogens (tertiary/aromatic N) is 2. The molecule has 128 valence electrons. The zero-order valence-corrected chi connectivity index (χ0v) is 14.3. The van der Waals surface area contributed by atoms with Crippen molar-refractivity contribution < 1.29 is 14.0 Å². The number of aromatic nitrogens is 1. The highest BCUT2D eigenvalue weighted by Gasteiger charge is 2.41. The molecule has 1 aromatic heterocycles. The molecule has 4 rings (SSSR count). The predicted octanol–water partition coefficient (Wildman–Crippen LogP) is 2.70. The van der Waals surface area contributed by atoms with Crippen molar-refractivity contribution in [3.8, 4) is 0 Å². The lowest BCUT2D eigenvalue weighted by Crippen LogP contribution is -2.48. The van der Waals surface area contributed by atoms with Crippen LogP contribution in [0.4, 0.5) is 0 Å². The van der Waals surface area contributed by atoms with Gasteiger partial charge >= 0.3 is 0 Å². The quantitative estimate of drug-likeness (QED) is 0.806. The summed E-state index contributed by atoms with van der Waals surface area (Å²) in [6, 6.07) is 0.520. The second-order valence-corrected chi connectivity index (χ2v) is 7.57. The van der Waals surface area contributed by atoms with Gasteiger partial charge in [0.25, 0.3) is 0 Å². The fourth-order valence-corrected chi connectivity index (χ4v) is 4.07. The summed E-state index contributed by atoms with van der Waals surface area (Å²) in [4.78, 5) is 2.57. The van der Waals surface area contributed by atoms with Gasteiger partial charge in [-0.3, -0.25) is 4.90 Å². The van der Waals surface area contributed by atoms with Crippen LogP contribution in [0.5, 0.6) is 0 Å². The van der Waals surface area contributed by atoms with Crippen molar-refractivity contribution in [2.45, 2.75) is 58.2 Å². The molecule has 3 aliphatic rings. The van der Waals surface area contributed by atoms with Crippen molar-refractivity contribution in [2.24, 2.45) is 11.8 Å². The molecule has 0 bridgehead atoms. The average Bonchev–Trinajstić information content (AvgIpc) is 3.18. The van der Waals surface area contributed by atoms with Crippen molar-refractivity contribution in [1.82, 2.24) is 10.1 Å². The van der Waals surface area contributed by atoms with E-state index in [4.69, 9.17) is 14.0 Å². The van der Waals surface area contributed by atoms with Gasteiger partial charge in [-0.15, -0.1) is 0 Å². The Hall–Kier alpha value is -0.910. The molecule has 1 aromatic rings. The first-order valence-corrected chi connectivity index (χ1v) is 9.06. The number of ether oxygens (including phenoxy) is 2. The molecule has 0 radical (unpaired) electrons. The Morgan fingerprint density at radius 2 is 2.00 bits per heavy atom. The molecule has 23 heavy (non-hydrogen) atoms. The van der Waals surface area contributed by atoms with Crippen LogP contribution in [0.1, 0.15) is 42.7 Å². The standard InChI is InChI=1S/C18H28N2O3/c1-12-16(13(2)23-19-12)9-20-5-6-22-18-8-15(7-17(18)20)11-21-10-14-3-4-14/h14-15,17-18H,3-11H2,1-2H3/t15-,17-,18-/m1/s1. The van der Waals surface area contributed by atoms with Crippen LogP contribution in [0.3, 0.4) is 0 Å². The second-order valence-electron chi connectivity index (χ2n) is 7.57. The molecular weight excluding hydrogens is 292 g/mol. The van der Waals surface area contributed by atoms with Gasteiger partial charge in [0.1, 0.15) is 5.76 Å². The number of fused-ring (bicyclic) bond motifs is 1.